The van der Waals surface area contributed by atoms with Crippen LogP contribution in [0.4, 0.5) is 11.4 Å². The van der Waals surface area contributed by atoms with Gasteiger partial charge in [0.1, 0.15) is 11.8 Å². The molecule has 1 aromatic heterocycles. The van der Waals surface area contributed by atoms with Crippen molar-refractivity contribution in [2.24, 2.45) is 5.92 Å². The number of carbonyl (C=O) groups is 3. The Morgan fingerprint density at radius 2 is 1.65 bits per heavy atom. The third-order valence-electron chi connectivity index (χ3n) is 7.71. The minimum Gasteiger partial charge on any atom is -0.324 e. The summed E-state index contributed by atoms with van der Waals surface area (Å²) in [4.78, 5) is 56.2. The standard InChI is InChI=1S/C32H21BrClN3O4S2/c33-19-8-3-7-18(15-19)25-26-27(30(40)37(29(26)39)21-13-11-20(34)12-14-21)42-31-28(25)43-32(41)36(31)16-24(38)35-23-10-4-6-17-5-1-2-9-22(17)23/h1-15,25-27H,16H2,(H,35,38)/t25-,26?,27?/m1/s1. The Bertz CT molecular complexity index is 2000. The Hall–Kier alpha value is -3.70. The van der Waals surface area contributed by atoms with Gasteiger partial charge in [-0.25, -0.2) is 4.90 Å². The summed E-state index contributed by atoms with van der Waals surface area (Å²) in [6, 6.07) is 27.5. The predicted octanol–water partition coefficient (Wildman–Crippen LogP) is 6.91. The lowest BCUT2D eigenvalue weighted by Gasteiger charge is -2.30. The molecule has 2 aliphatic rings. The van der Waals surface area contributed by atoms with Crippen molar-refractivity contribution in [3.63, 3.8) is 0 Å². The van der Waals surface area contributed by atoms with Gasteiger partial charge in [0.15, 0.2) is 0 Å². The molecular weight excluding hydrogens is 670 g/mol. The van der Waals surface area contributed by atoms with E-state index in [1.165, 1.54) is 21.2 Å². The number of nitrogens with zero attached hydrogens (tertiary/aromatic N) is 2. The molecule has 3 atom stereocenters. The molecule has 1 fully saturated rings. The summed E-state index contributed by atoms with van der Waals surface area (Å²) in [6.45, 7) is -0.230. The average Bonchev–Trinajstić information content (AvgIpc) is 3.44. The first-order valence-corrected chi connectivity index (χ1v) is 16.2. The van der Waals surface area contributed by atoms with Crippen LogP contribution in [0.25, 0.3) is 10.8 Å². The molecule has 7 nitrogen and oxygen atoms in total. The van der Waals surface area contributed by atoms with Crippen molar-refractivity contribution in [2.45, 2.75) is 22.7 Å². The average molecular weight is 691 g/mol. The Morgan fingerprint density at radius 3 is 2.44 bits per heavy atom. The van der Waals surface area contributed by atoms with Gasteiger partial charge in [0.2, 0.25) is 17.7 Å². The van der Waals surface area contributed by atoms with Gasteiger partial charge < -0.3 is 5.32 Å². The second-order valence-corrected chi connectivity index (χ2v) is 13.8. The zero-order valence-corrected chi connectivity index (χ0v) is 26.2. The van der Waals surface area contributed by atoms with E-state index in [1.807, 2.05) is 66.7 Å². The van der Waals surface area contributed by atoms with Gasteiger partial charge in [0, 0.05) is 31.4 Å². The molecule has 0 spiro atoms. The lowest BCUT2D eigenvalue weighted by atomic mass is 9.83. The van der Waals surface area contributed by atoms with E-state index >= 15 is 0 Å². The van der Waals surface area contributed by atoms with Crippen LogP contribution in [0.2, 0.25) is 5.02 Å². The van der Waals surface area contributed by atoms with Crippen molar-refractivity contribution in [3.8, 4) is 0 Å². The third-order valence-corrected chi connectivity index (χ3v) is 11.1. The first-order chi connectivity index (χ1) is 20.8. The maximum Gasteiger partial charge on any atom is 0.308 e. The smallest absolute Gasteiger partial charge is 0.308 e. The third kappa shape index (κ3) is 4.92. The topological polar surface area (TPSA) is 88.5 Å². The highest BCUT2D eigenvalue weighted by molar-refractivity contribution is 9.10. The molecule has 0 radical (unpaired) electrons. The number of aromatic nitrogens is 1. The van der Waals surface area contributed by atoms with Crippen LogP contribution < -0.4 is 15.1 Å². The highest BCUT2D eigenvalue weighted by atomic mass is 79.9. The van der Waals surface area contributed by atoms with Crippen molar-refractivity contribution >= 4 is 90.5 Å². The van der Waals surface area contributed by atoms with Crippen LogP contribution in [-0.2, 0) is 20.9 Å². The number of fused-ring (bicyclic) bond motifs is 3. The van der Waals surface area contributed by atoms with Gasteiger partial charge in [-0.15, -0.1) is 0 Å². The second-order valence-electron chi connectivity index (χ2n) is 10.3. The van der Waals surface area contributed by atoms with Gasteiger partial charge in [0.25, 0.3) is 0 Å². The van der Waals surface area contributed by atoms with Gasteiger partial charge in [-0.2, -0.15) is 0 Å². The molecule has 3 amide bonds. The monoisotopic (exact) mass is 689 g/mol. The van der Waals surface area contributed by atoms with Crippen LogP contribution in [0.1, 0.15) is 16.4 Å². The number of rotatable bonds is 5. The number of nitrogens with one attached hydrogen (secondary N) is 1. The van der Waals surface area contributed by atoms with Gasteiger partial charge in [0.05, 0.1) is 16.6 Å². The Kier molecular flexibility index (Phi) is 7.25. The quantitative estimate of drug-likeness (QED) is 0.203. The molecule has 2 aliphatic heterocycles. The molecule has 0 aliphatic carbocycles. The minimum absolute atomic E-state index is 0.230. The minimum atomic E-state index is -0.777. The number of halogens is 2. The number of amides is 3. The molecule has 7 rings (SSSR count). The fourth-order valence-electron chi connectivity index (χ4n) is 5.83. The molecule has 0 bridgehead atoms. The molecule has 0 saturated carbocycles. The van der Waals surface area contributed by atoms with Crippen LogP contribution in [0.15, 0.2) is 105 Å². The molecule has 4 aromatic carbocycles. The number of hydrogen-bond donors (Lipinski definition) is 1. The molecule has 1 N–H and O–H groups in total. The normalized spacial score (nSPS) is 19.4. The highest BCUT2D eigenvalue weighted by Gasteiger charge is 2.56. The number of imide groups is 1. The molecular formula is C32H21BrClN3O4S2. The summed E-state index contributed by atoms with van der Waals surface area (Å²) in [5, 5.41) is 5.08. The predicted molar refractivity (Wildman–Crippen MR) is 174 cm³/mol. The van der Waals surface area contributed by atoms with Crippen LogP contribution in [0.3, 0.4) is 0 Å². The molecule has 11 heteroatoms. The molecule has 2 unspecified atom stereocenters. The second kappa shape index (κ2) is 11.1. The van der Waals surface area contributed by atoms with E-state index < -0.39 is 17.1 Å². The van der Waals surface area contributed by atoms with Crippen molar-refractivity contribution in [1.82, 2.24) is 4.57 Å². The molecule has 1 saturated heterocycles. The largest absolute Gasteiger partial charge is 0.324 e. The summed E-state index contributed by atoms with van der Waals surface area (Å²) in [5.74, 6) is -2.34. The number of carbonyl (C=O) groups excluding carboxylic acids is 3. The van der Waals surface area contributed by atoms with Crippen LogP contribution in [0.5, 0.6) is 0 Å². The van der Waals surface area contributed by atoms with Gasteiger partial charge in [-0.3, -0.25) is 23.7 Å². The van der Waals surface area contributed by atoms with Crippen molar-refractivity contribution in [3.05, 3.63) is 121 Å². The number of thiazole rings is 1. The van der Waals surface area contributed by atoms with Crippen LogP contribution in [-0.4, -0.2) is 27.5 Å². The first-order valence-electron chi connectivity index (χ1n) is 13.4. The zero-order chi connectivity index (χ0) is 29.8. The zero-order valence-electron chi connectivity index (χ0n) is 22.2. The Balaban J connectivity index is 1.28. The summed E-state index contributed by atoms with van der Waals surface area (Å²) in [6.07, 6.45) is 0. The lowest BCUT2D eigenvalue weighted by molar-refractivity contribution is -0.122. The van der Waals surface area contributed by atoms with Gasteiger partial charge in [-0.1, -0.05) is 99.2 Å². The summed E-state index contributed by atoms with van der Waals surface area (Å²) >= 11 is 11.8. The van der Waals surface area contributed by atoms with Crippen LogP contribution >= 0.6 is 50.6 Å². The number of hydrogen-bond acceptors (Lipinski definition) is 6. The highest BCUT2D eigenvalue weighted by Crippen LogP contribution is 2.54. The fraction of sp³-hybridized carbons (Fsp3) is 0.125. The Labute approximate surface area is 267 Å². The molecule has 5 aromatic rings. The van der Waals surface area contributed by atoms with E-state index in [0.29, 0.717) is 26.3 Å². The molecule has 3 heterocycles. The first kappa shape index (κ1) is 28.1. The van der Waals surface area contributed by atoms with Crippen molar-refractivity contribution in [2.75, 3.05) is 10.2 Å². The van der Waals surface area contributed by atoms with E-state index in [4.69, 9.17) is 11.6 Å². The van der Waals surface area contributed by atoms with E-state index in [9.17, 15) is 19.2 Å². The van der Waals surface area contributed by atoms with Gasteiger partial charge in [-0.05, 0) is 53.4 Å². The SMILES string of the molecule is O=C(Cn1c2c(sc1=O)[C@H](c1cccc(Br)c1)C1C(=O)N(c3ccc(Cl)cc3)C(=O)C1S2)Nc1cccc2ccccc12. The number of benzene rings is 4. The molecule has 43 heavy (non-hydrogen) atoms. The fourth-order valence-corrected chi connectivity index (χ4v) is 9.14. The maximum absolute atomic E-state index is 14.0. The summed E-state index contributed by atoms with van der Waals surface area (Å²) < 4.78 is 2.24. The lowest BCUT2D eigenvalue weighted by Crippen LogP contribution is -2.33. The van der Waals surface area contributed by atoms with Crippen molar-refractivity contribution in [1.29, 1.82) is 0 Å². The van der Waals surface area contributed by atoms with E-state index in [1.54, 1.807) is 24.3 Å². The Morgan fingerprint density at radius 1 is 0.907 bits per heavy atom. The van der Waals surface area contributed by atoms with E-state index in [2.05, 4.69) is 21.2 Å². The van der Waals surface area contributed by atoms with Crippen molar-refractivity contribution < 1.29 is 14.4 Å². The maximum atomic E-state index is 14.0. The summed E-state index contributed by atoms with van der Waals surface area (Å²) in [5.41, 5.74) is 1.89. The number of anilines is 2. The molecule has 214 valence electrons. The summed E-state index contributed by atoms with van der Waals surface area (Å²) in [7, 11) is 0. The van der Waals surface area contributed by atoms with Gasteiger partial charge >= 0.3 is 4.87 Å². The van der Waals surface area contributed by atoms with E-state index in [-0.39, 0.29) is 29.1 Å². The van der Waals surface area contributed by atoms with Crippen LogP contribution in [0, 0.1) is 5.92 Å². The number of thioether (sulfide) groups is 1. The van der Waals surface area contributed by atoms with E-state index in [0.717, 1.165) is 32.1 Å².